The second kappa shape index (κ2) is 4.16. The molecule has 4 nitrogen and oxygen atoms in total. The van der Waals surface area contributed by atoms with Crippen molar-refractivity contribution in [2.24, 2.45) is 0 Å². The highest BCUT2D eigenvalue weighted by molar-refractivity contribution is 7.99. The summed E-state index contributed by atoms with van der Waals surface area (Å²) in [7, 11) is 1.58. The quantitative estimate of drug-likeness (QED) is 0.689. The van der Waals surface area contributed by atoms with Gasteiger partial charge in [-0.2, -0.15) is 28.8 Å². The Bertz CT molecular complexity index is 258. The van der Waals surface area contributed by atoms with E-state index in [2.05, 4.69) is 0 Å². The summed E-state index contributed by atoms with van der Waals surface area (Å²) in [6.07, 6.45) is 0.967. The third-order valence-corrected chi connectivity index (χ3v) is 5.34. The van der Waals surface area contributed by atoms with Crippen molar-refractivity contribution in [1.29, 1.82) is 0 Å². The Morgan fingerprint density at radius 2 is 1.92 bits per heavy atom. The van der Waals surface area contributed by atoms with Gasteiger partial charge in [0.1, 0.15) is 0 Å². The van der Waals surface area contributed by atoms with Crippen LogP contribution in [0.2, 0.25) is 0 Å². The smallest absolute Gasteiger partial charge is 0.195 e. The second-order valence-electron chi connectivity index (χ2n) is 3.32. The minimum atomic E-state index is -3.21. The predicted molar refractivity (Wildman–Crippen MR) is 56.1 cm³/mol. The normalized spacial score (nSPS) is 24.5. The average Bonchev–Trinajstić information content (AvgIpc) is 2.54. The summed E-state index contributed by atoms with van der Waals surface area (Å²) >= 11 is 1.81. The maximum absolute atomic E-state index is 11.7. The van der Waals surface area contributed by atoms with Crippen LogP contribution in [0.15, 0.2) is 0 Å². The maximum atomic E-state index is 11.7. The van der Waals surface area contributed by atoms with Crippen LogP contribution in [0.25, 0.3) is 0 Å². The summed E-state index contributed by atoms with van der Waals surface area (Å²) in [5.74, 6) is 1.99. The molecule has 1 saturated heterocycles. The zero-order chi connectivity index (χ0) is 10.1. The van der Waals surface area contributed by atoms with Crippen LogP contribution in [-0.2, 0) is 10.2 Å². The highest BCUT2D eigenvalue weighted by atomic mass is 32.2. The first-order valence-electron chi connectivity index (χ1n) is 4.19. The van der Waals surface area contributed by atoms with Gasteiger partial charge in [-0.25, -0.2) is 0 Å². The first-order chi connectivity index (χ1) is 5.96. The molecule has 0 spiro atoms. The molecule has 0 bridgehead atoms. The molecule has 1 aliphatic heterocycles. The van der Waals surface area contributed by atoms with Gasteiger partial charge in [-0.05, 0) is 12.2 Å². The minimum absolute atomic E-state index is 0.178. The van der Waals surface area contributed by atoms with Gasteiger partial charge < -0.3 is 0 Å². The fourth-order valence-corrected chi connectivity index (χ4v) is 3.69. The van der Waals surface area contributed by atoms with Gasteiger partial charge in [0.05, 0.1) is 0 Å². The molecule has 0 aromatic carbocycles. The fraction of sp³-hybridized carbons (Fsp3) is 1.00. The number of thioether (sulfide) groups is 1. The number of rotatable bonds is 3. The maximum Gasteiger partial charge on any atom is 0.281 e. The van der Waals surface area contributed by atoms with Crippen LogP contribution in [0.3, 0.4) is 0 Å². The Kier molecular flexibility index (Phi) is 3.62. The lowest BCUT2D eigenvalue weighted by Crippen LogP contribution is -2.43. The summed E-state index contributed by atoms with van der Waals surface area (Å²) in [5, 5.41) is 0. The first kappa shape index (κ1) is 11.3. The first-order valence-corrected chi connectivity index (χ1v) is 6.74. The summed E-state index contributed by atoms with van der Waals surface area (Å²) in [6.45, 7) is 0. The topological polar surface area (TPSA) is 40.6 Å². The van der Waals surface area contributed by atoms with E-state index in [1.165, 1.54) is 8.61 Å². The third-order valence-electron chi connectivity index (χ3n) is 2.25. The molecule has 0 aliphatic carbocycles. The van der Waals surface area contributed by atoms with Crippen molar-refractivity contribution >= 4 is 22.0 Å². The molecule has 0 N–H and O–H groups in total. The molecule has 0 amide bonds. The number of nitrogens with zero attached hydrogens (tertiary/aromatic N) is 2. The number of hydrogen-bond donors (Lipinski definition) is 0. The molecule has 1 unspecified atom stereocenters. The summed E-state index contributed by atoms with van der Waals surface area (Å²) in [5.41, 5.74) is 0. The van der Waals surface area contributed by atoms with Crippen molar-refractivity contribution < 1.29 is 8.42 Å². The monoisotopic (exact) mass is 224 g/mol. The lowest BCUT2D eigenvalue weighted by atomic mass is 10.3. The van der Waals surface area contributed by atoms with E-state index in [-0.39, 0.29) is 6.04 Å². The van der Waals surface area contributed by atoms with E-state index in [0.29, 0.717) is 0 Å². The van der Waals surface area contributed by atoms with Crippen molar-refractivity contribution in [3.05, 3.63) is 0 Å². The Balaban J connectivity index is 2.71. The third kappa shape index (κ3) is 2.37. The molecule has 13 heavy (non-hydrogen) atoms. The lowest BCUT2D eigenvalue weighted by Gasteiger charge is -2.26. The van der Waals surface area contributed by atoms with Crippen LogP contribution < -0.4 is 0 Å². The number of hydrogen-bond acceptors (Lipinski definition) is 3. The summed E-state index contributed by atoms with van der Waals surface area (Å²) in [4.78, 5) is 0. The fourth-order valence-electron chi connectivity index (χ4n) is 1.25. The molecule has 1 atom stereocenters. The van der Waals surface area contributed by atoms with Gasteiger partial charge in [0, 0.05) is 32.9 Å². The standard InChI is InChI=1S/C7H16N2O2S2/c1-8(2)13(10,11)9(3)7-4-5-12-6-7/h7H,4-6H2,1-3H3. The van der Waals surface area contributed by atoms with Crippen LogP contribution in [0, 0.1) is 0 Å². The van der Waals surface area contributed by atoms with Gasteiger partial charge >= 0.3 is 0 Å². The SMILES string of the molecule is CN(C)S(=O)(=O)N(C)C1CCSC1. The zero-order valence-corrected chi connectivity index (χ0v) is 9.86. The van der Waals surface area contributed by atoms with Gasteiger partial charge in [-0.3, -0.25) is 0 Å². The molecule has 0 saturated carbocycles. The van der Waals surface area contributed by atoms with Crippen LogP contribution in [0.1, 0.15) is 6.42 Å². The lowest BCUT2D eigenvalue weighted by molar-refractivity contribution is 0.362. The van der Waals surface area contributed by atoms with Gasteiger partial charge in [0.2, 0.25) is 0 Å². The molecule has 1 rings (SSSR count). The molecule has 0 aromatic heterocycles. The highest BCUT2D eigenvalue weighted by Crippen LogP contribution is 2.23. The van der Waals surface area contributed by atoms with Crippen molar-refractivity contribution in [1.82, 2.24) is 8.61 Å². The van der Waals surface area contributed by atoms with Crippen molar-refractivity contribution in [2.45, 2.75) is 12.5 Å². The van der Waals surface area contributed by atoms with E-state index < -0.39 is 10.2 Å². The molecule has 1 heterocycles. The summed E-state index contributed by atoms with van der Waals surface area (Å²) in [6, 6.07) is 0.178. The Labute approximate surface area is 84.5 Å². The van der Waals surface area contributed by atoms with E-state index in [4.69, 9.17) is 0 Å². The Morgan fingerprint density at radius 1 is 1.31 bits per heavy atom. The minimum Gasteiger partial charge on any atom is -0.195 e. The highest BCUT2D eigenvalue weighted by Gasteiger charge is 2.30. The van der Waals surface area contributed by atoms with Crippen LogP contribution in [0.4, 0.5) is 0 Å². The molecule has 78 valence electrons. The van der Waals surface area contributed by atoms with Crippen LogP contribution in [-0.4, -0.2) is 55.7 Å². The zero-order valence-electron chi connectivity index (χ0n) is 8.23. The van der Waals surface area contributed by atoms with E-state index in [0.717, 1.165) is 17.9 Å². The molecule has 6 heteroatoms. The van der Waals surface area contributed by atoms with Gasteiger partial charge in [0.25, 0.3) is 10.2 Å². The summed E-state index contributed by atoms with van der Waals surface area (Å²) < 4.78 is 26.1. The molecule has 1 aliphatic rings. The van der Waals surface area contributed by atoms with Crippen molar-refractivity contribution in [2.75, 3.05) is 32.6 Å². The van der Waals surface area contributed by atoms with Gasteiger partial charge in [-0.1, -0.05) is 0 Å². The van der Waals surface area contributed by atoms with Crippen LogP contribution in [0.5, 0.6) is 0 Å². The second-order valence-corrected chi connectivity index (χ2v) is 6.68. The average molecular weight is 224 g/mol. The largest absolute Gasteiger partial charge is 0.281 e. The predicted octanol–water partition coefficient (Wildman–Crippen LogP) is 0.230. The molecule has 0 radical (unpaired) electrons. The van der Waals surface area contributed by atoms with Crippen LogP contribution >= 0.6 is 11.8 Å². The Morgan fingerprint density at radius 3 is 2.31 bits per heavy atom. The van der Waals surface area contributed by atoms with E-state index in [9.17, 15) is 8.42 Å². The molecular weight excluding hydrogens is 208 g/mol. The Hall–Kier alpha value is 0.220. The van der Waals surface area contributed by atoms with E-state index in [1.807, 2.05) is 11.8 Å². The van der Waals surface area contributed by atoms with Gasteiger partial charge in [-0.15, -0.1) is 0 Å². The van der Waals surface area contributed by atoms with E-state index in [1.54, 1.807) is 21.1 Å². The van der Waals surface area contributed by atoms with Gasteiger partial charge in [0.15, 0.2) is 0 Å². The van der Waals surface area contributed by atoms with E-state index >= 15 is 0 Å². The van der Waals surface area contributed by atoms with Crippen molar-refractivity contribution in [3.63, 3.8) is 0 Å². The molecule has 0 aromatic rings. The molecular formula is C7H16N2O2S2. The molecule has 1 fully saturated rings. The van der Waals surface area contributed by atoms with Crippen molar-refractivity contribution in [3.8, 4) is 0 Å².